The number of aliphatic hydroxyl groups excluding tert-OH is 2. The molecular formula is C80H149F30I2N8O23P. The van der Waals surface area contributed by atoms with E-state index in [1.807, 2.05) is 13.8 Å². The van der Waals surface area contributed by atoms with Gasteiger partial charge in [-0.25, -0.2) is 92.5 Å². The van der Waals surface area contributed by atoms with Crippen molar-refractivity contribution in [1.29, 1.82) is 11.8 Å². The molecule has 4 rings (SSSR count). The van der Waals surface area contributed by atoms with Gasteiger partial charge in [-0.05, 0) is 173 Å². The van der Waals surface area contributed by atoms with Gasteiger partial charge in [0.15, 0.2) is 27.4 Å². The van der Waals surface area contributed by atoms with Gasteiger partial charge in [0, 0.05) is 33.9 Å². The summed E-state index contributed by atoms with van der Waals surface area (Å²) in [7, 11) is 0. The number of alkyl carbamates (subject to hydrolysis) is 4. The lowest BCUT2D eigenvalue weighted by molar-refractivity contribution is -0.548. The van der Waals surface area contributed by atoms with Crippen molar-refractivity contribution in [3.05, 3.63) is 0 Å². The third kappa shape index (κ3) is 83.6. The number of carbonyl (C=O) groups is 4. The first-order chi connectivity index (χ1) is 60.7. The average molecular weight is 2450 g/mol. The maximum Gasteiger partial charge on any atom is 0.492 e. The number of nitriles is 2. The fourth-order valence-electron chi connectivity index (χ4n) is 13.8. The van der Waals surface area contributed by atoms with Crippen LogP contribution in [0.4, 0.5) is 151 Å². The molecule has 64 heteroatoms. The van der Waals surface area contributed by atoms with Gasteiger partial charge in [0.05, 0.1) is 21.0 Å². The predicted molar refractivity (Wildman–Crippen MR) is 489 cm³/mol. The summed E-state index contributed by atoms with van der Waals surface area (Å²) >= 11 is 4.12. The second kappa shape index (κ2) is 86.5. The molecule has 8 unspecified atom stereocenters. The van der Waals surface area contributed by atoms with Gasteiger partial charge in [0.1, 0.15) is 45.9 Å². The van der Waals surface area contributed by atoms with E-state index in [9.17, 15) is 161 Å². The topological polar surface area (TPSA) is 402 Å². The molecule has 0 bridgehead atoms. The van der Waals surface area contributed by atoms with Crippen molar-refractivity contribution < 1.29 is 243 Å². The van der Waals surface area contributed by atoms with Gasteiger partial charge in [0.25, 0.3) is 12.5 Å². The van der Waals surface area contributed by atoms with Crippen LogP contribution in [0.5, 0.6) is 0 Å². The Morgan fingerprint density at radius 3 is 0.986 bits per heavy atom. The van der Waals surface area contributed by atoms with Crippen molar-refractivity contribution >= 4 is 84.4 Å². The van der Waals surface area contributed by atoms with Crippen molar-refractivity contribution in [1.82, 2.24) is 21.3 Å². The maximum absolute atomic E-state index is 12.0. The summed E-state index contributed by atoms with van der Waals surface area (Å²) in [4.78, 5) is 77.6. The van der Waals surface area contributed by atoms with Crippen LogP contribution in [0.25, 0.3) is 0 Å². The summed E-state index contributed by atoms with van der Waals surface area (Å²) in [5.41, 5.74) is -0.278. The van der Waals surface area contributed by atoms with Crippen LogP contribution in [0.2, 0.25) is 0 Å². The van der Waals surface area contributed by atoms with Crippen LogP contribution in [0.3, 0.4) is 0 Å². The van der Waals surface area contributed by atoms with E-state index in [0.29, 0.717) is 45.5 Å². The zero-order chi connectivity index (χ0) is 105. The summed E-state index contributed by atoms with van der Waals surface area (Å²) in [5, 5.41) is 42.2. The van der Waals surface area contributed by atoms with Gasteiger partial charge in [0.2, 0.25) is 25.9 Å². The molecule has 6 N–H and O–H groups in total. The van der Waals surface area contributed by atoms with Crippen LogP contribution in [-0.2, 0) is 81.3 Å². The fourth-order valence-corrected chi connectivity index (χ4v) is 13.8. The molecule has 4 aliphatic rings. The standard InChI is InChI=1S/C14H24F2N2O4.C14H23FN2O3.C13H21FN2O3.C12H18N2O2.3C4H2F8O3.C2H5FO.CH3FO.12CH4.HI2P/c1-14(2)6-10(8-17-12(19)21-4-3-15)5-11(7-14)18-13(20)22-9-16;1-13(2)6-11(17-12(18)20-5-4-15)7-14(3,8-13)9-19-10-16;1-12(2)4-10(16-11(18)19-8-14)5-13(3,6-12)7-15-9-17;1-11(2)4-10(16-8-13)5-12(3,6-11)7-14-9-15;3*5-1-13-4(10,11)14-2(6,7)3(8,9)15-12;3-1-2-4;2-1-3;;;;;;;;;;;;;1-3-2/h10-11H,3-9H2,1-2H3,(H,17,19)(H,18,20);11H,4-9H2,1-3H3,(H,17,18);10H,4-8H2,1-3H3,(H,16,18);10H,4-7H2,1-3H3;3*1H2;4H,1-2H2;3H,1H2;12*1H4;3H/i;;;;;;;;;;;;;;;;;;;;;3D. The van der Waals surface area contributed by atoms with Crippen LogP contribution >= 0.6 is 47.9 Å². The van der Waals surface area contributed by atoms with Gasteiger partial charge in [-0.2, -0.15) is 63.2 Å². The molecule has 876 valence electrons. The van der Waals surface area contributed by atoms with Gasteiger partial charge >= 0.3 is 79.9 Å². The number of aliphatic imine (C=N–C) groups is 2. The third-order valence-corrected chi connectivity index (χ3v) is 16.6. The first-order valence-electron chi connectivity index (χ1n) is 37.1. The maximum atomic E-state index is 12.0. The molecule has 0 radical (unpaired) electrons. The summed E-state index contributed by atoms with van der Waals surface area (Å²) in [6, 6.07) is -0.302. The Bertz CT molecular complexity index is 3330. The molecule has 31 nitrogen and oxygen atoms in total. The number of halogens is 32. The molecule has 0 aliphatic heterocycles. The quantitative estimate of drug-likeness (QED) is 0.00492. The van der Waals surface area contributed by atoms with Gasteiger partial charge in [-0.3, -0.25) is 14.2 Å². The Morgan fingerprint density at radius 1 is 0.417 bits per heavy atom. The number of nitrogens with zero attached hydrogens (tertiary/aromatic N) is 4. The minimum Gasteiger partial charge on any atom is -0.447 e. The monoisotopic (exact) mass is 2450 g/mol. The number of ether oxygens (including phenoxy) is 12. The number of hydrogen-bond acceptors (Lipinski definition) is 27. The summed E-state index contributed by atoms with van der Waals surface area (Å²) in [6.07, 6.45) is -38.6. The molecule has 144 heavy (non-hydrogen) atoms. The summed E-state index contributed by atoms with van der Waals surface area (Å²) < 4.78 is 396. The highest BCUT2D eigenvalue weighted by Gasteiger charge is 2.68. The van der Waals surface area contributed by atoms with Gasteiger partial charge in [-0.1, -0.05) is 165 Å². The number of isocyanates is 2. The van der Waals surface area contributed by atoms with E-state index in [4.69, 9.17) is 36.2 Å². The number of aliphatic hydroxyl groups is 2. The van der Waals surface area contributed by atoms with Crippen molar-refractivity contribution in [3.8, 4) is 12.5 Å². The normalized spacial score (nSPS) is 20.0. The smallest absolute Gasteiger partial charge is 0.447 e. The lowest BCUT2D eigenvalue weighted by Gasteiger charge is -2.45. The number of hydrogen-bond donors (Lipinski definition) is 6. The first kappa shape index (κ1) is 177. The summed E-state index contributed by atoms with van der Waals surface area (Å²) in [5.74, 6) is 0.136. The van der Waals surface area contributed by atoms with E-state index >= 15 is 0 Å². The van der Waals surface area contributed by atoms with E-state index in [-0.39, 0.29) is 177 Å². The molecule has 0 saturated heterocycles. The molecular weight excluding hydrogens is 2300 g/mol. The molecule has 8 atom stereocenters. The van der Waals surface area contributed by atoms with Crippen molar-refractivity contribution in [3.63, 3.8) is 0 Å². The van der Waals surface area contributed by atoms with Crippen LogP contribution in [0, 0.1) is 66.9 Å². The second-order valence-corrected chi connectivity index (χ2v) is 40.0. The average Bonchev–Trinajstić information content (AvgIpc) is 0.811. The Hall–Kier alpha value is -6.23. The molecule has 4 fully saturated rings. The zero-order valence-electron chi connectivity index (χ0n) is 72.5. The molecule has 0 aromatic carbocycles. The molecule has 4 amide bonds. The highest BCUT2D eigenvalue weighted by Crippen LogP contribution is 2.51. The Kier molecular flexibility index (Phi) is 106. The van der Waals surface area contributed by atoms with Gasteiger partial charge in [-0.15, -0.1) is 41.2 Å². The first-order valence-corrected chi connectivity index (χ1v) is 43.1. The van der Waals surface area contributed by atoms with Crippen LogP contribution in [-0.4, -0.2) is 235 Å². The Morgan fingerprint density at radius 2 is 0.701 bits per heavy atom. The Labute approximate surface area is 852 Å². The fraction of sp³-hybridized carbons (Fsp3) is 0.900. The third-order valence-electron chi connectivity index (χ3n) is 16.6. The lowest BCUT2D eigenvalue weighted by Crippen LogP contribution is -2.48. The molecule has 0 heterocycles. The van der Waals surface area contributed by atoms with Crippen LogP contribution in [0.15, 0.2) is 9.98 Å². The number of rotatable bonds is 37. The van der Waals surface area contributed by atoms with E-state index in [0.717, 1.165) is 57.8 Å². The molecule has 0 aromatic rings. The molecule has 4 saturated carbocycles. The molecule has 0 aromatic heterocycles. The van der Waals surface area contributed by atoms with E-state index < -0.39 is 145 Å². The number of carbonyl (C=O) groups excluding carboxylic acids is 6. The largest absolute Gasteiger partial charge is 0.492 e. The molecule has 0 spiro atoms. The van der Waals surface area contributed by atoms with E-state index in [2.05, 4.69) is 180 Å². The molecule has 4 aliphatic carbocycles. The van der Waals surface area contributed by atoms with Crippen molar-refractivity contribution in [2.45, 2.75) is 322 Å². The minimum absolute atomic E-state index is 0. The number of nitrogens with one attached hydrogen (secondary N) is 4. The highest BCUT2D eigenvalue weighted by molar-refractivity contribution is 14.3. The van der Waals surface area contributed by atoms with Crippen molar-refractivity contribution in [2.75, 3.05) is 107 Å². The van der Waals surface area contributed by atoms with Crippen LogP contribution < -0.4 is 21.3 Å². The lowest BCUT2D eigenvalue weighted by atomic mass is 9.62. The van der Waals surface area contributed by atoms with Crippen molar-refractivity contribution in [2.24, 2.45) is 53.8 Å². The minimum atomic E-state index is -6.04. The van der Waals surface area contributed by atoms with E-state index in [1.165, 1.54) is 14.8 Å². The van der Waals surface area contributed by atoms with Crippen LogP contribution in [0.1, 0.15) is 242 Å². The second-order valence-electron chi connectivity index (χ2n) is 31.4. The summed E-state index contributed by atoms with van der Waals surface area (Å²) in [6.45, 7) is 11.4. The zero-order valence-corrected chi connectivity index (χ0v) is 76.7. The van der Waals surface area contributed by atoms with E-state index in [1.54, 1.807) is 24.7 Å². The van der Waals surface area contributed by atoms with Gasteiger partial charge < -0.3 is 59.9 Å². The Balaban J connectivity index is -0.0000000789. The number of amides is 4. The highest BCUT2D eigenvalue weighted by atomic mass is 127. The number of alkyl halides is 27. The predicted octanol–water partition coefficient (Wildman–Crippen LogP) is 27.9. The SMILES string of the molecule is C.C.C.C.C.C.C.C.C.C.C.C.CC1(C)CC(CNC(=O)OCCF)CC(NC(=O)OCF)C1.CC1(C)CC(NC(=O)OCCF)CC(C)(COC#N)C1.CC1(C)CC(NC(=O)OCF)CC(C)(CN=C=O)C1.CC1(C)CC(OC#N)CC(C)(CN=C=O)C1.FCOC(F)(F)OC(F)(F)C(F)(F)OF.FCOC(F)(F)OC(F)(F)C(F)(F)OF.FCOC(F)(F)OC(F)(F)C(F)(F)OF.OCCF.OCF.[2H]P(I)I.